The van der Waals surface area contributed by atoms with Gasteiger partial charge in [0, 0.05) is 18.5 Å². The monoisotopic (exact) mass is 250 g/mol. The van der Waals surface area contributed by atoms with Crippen molar-refractivity contribution < 1.29 is 4.79 Å². The number of amides is 1. The van der Waals surface area contributed by atoms with E-state index in [4.69, 9.17) is 0 Å². The standard InChI is InChI=1S/C15H26N2O/c18-15(17-10-12-7-4-8-16-12)14-9-13(14)11-5-2-1-3-6-11/h11-14,16H,1-10H2,(H,17,18). The first-order chi connectivity index (χ1) is 8.84. The van der Waals surface area contributed by atoms with Crippen LogP contribution in [0.5, 0.6) is 0 Å². The van der Waals surface area contributed by atoms with Crippen molar-refractivity contribution in [2.75, 3.05) is 13.1 Å². The average molecular weight is 250 g/mol. The molecule has 2 aliphatic carbocycles. The Bertz CT molecular complexity index is 293. The van der Waals surface area contributed by atoms with Crippen molar-refractivity contribution in [2.45, 2.75) is 57.4 Å². The molecule has 2 N–H and O–H groups in total. The average Bonchev–Trinajstić information content (AvgIpc) is 3.05. The van der Waals surface area contributed by atoms with Gasteiger partial charge in [0.2, 0.25) is 5.91 Å². The van der Waals surface area contributed by atoms with Crippen LogP contribution in [0.25, 0.3) is 0 Å². The third-order valence-electron chi connectivity index (χ3n) is 5.12. The van der Waals surface area contributed by atoms with E-state index >= 15 is 0 Å². The zero-order valence-corrected chi connectivity index (χ0v) is 11.3. The smallest absolute Gasteiger partial charge is 0.223 e. The predicted molar refractivity (Wildman–Crippen MR) is 72.2 cm³/mol. The summed E-state index contributed by atoms with van der Waals surface area (Å²) < 4.78 is 0. The van der Waals surface area contributed by atoms with Gasteiger partial charge in [0.25, 0.3) is 0 Å². The minimum absolute atomic E-state index is 0.333. The number of nitrogens with one attached hydrogen (secondary N) is 2. The van der Waals surface area contributed by atoms with E-state index in [2.05, 4.69) is 10.6 Å². The maximum Gasteiger partial charge on any atom is 0.223 e. The Kier molecular flexibility index (Phi) is 3.88. The fraction of sp³-hybridized carbons (Fsp3) is 0.933. The Morgan fingerprint density at radius 1 is 1.11 bits per heavy atom. The first kappa shape index (κ1) is 12.5. The van der Waals surface area contributed by atoms with Gasteiger partial charge in [0.15, 0.2) is 0 Å². The molecule has 1 heterocycles. The fourth-order valence-corrected chi connectivity index (χ4v) is 3.89. The third kappa shape index (κ3) is 2.87. The molecule has 3 rings (SSSR count). The molecule has 3 fully saturated rings. The van der Waals surface area contributed by atoms with Gasteiger partial charge in [-0.2, -0.15) is 0 Å². The summed E-state index contributed by atoms with van der Waals surface area (Å²) in [6.45, 7) is 1.96. The van der Waals surface area contributed by atoms with E-state index in [-0.39, 0.29) is 0 Å². The van der Waals surface area contributed by atoms with E-state index < -0.39 is 0 Å². The van der Waals surface area contributed by atoms with Crippen molar-refractivity contribution in [3.8, 4) is 0 Å². The Balaban J connectivity index is 1.38. The second-order valence-electron chi connectivity index (χ2n) is 6.44. The highest BCUT2D eigenvalue weighted by Gasteiger charge is 2.47. The fourth-order valence-electron chi connectivity index (χ4n) is 3.89. The molecule has 3 aliphatic rings. The quantitative estimate of drug-likeness (QED) is 0.802. The minimum atomic E-state index is 0.333. The SMILES string of the molecule is O=C(NCC1CCCN1)C1CC1C1CCCCC1. The topological polar surface area (TPSA) is 41.1 Å². The highest BCUT2D eigenvalue weighted by molar-refractivity contribution is 5.81. The normalized spacial score (nSPS) is 36.6. The number of rotatable bonds is 4. The number of carbonyl (C=O) groups is 1. The summed E-state index contributed by atoms with van der Waals surface area (Å²) in [5.74, 6) is 2.27. The highest BCUT2D eigenvalue weighted by Crippen LogP contribution is 2.49. The van der Waals surface area contributed by atoms with Gasteiger partial charge in [-0.05, 0) is 37.6 Å². The molecular formula is C15H26N2O. The highest BCUT2D eigenvalue weighted by atomic mass is 16.2. The van der Waals surface area contributed by atoms with Crippen LogP contribution in [0.4, 0.5) is 0 Å². The predicted octanol–water partition coefficient (Wildman–Crippen LogP) is 2.07. The van der Waals surface area contributed by atoms with Gasteiger partial charge in [-0.15, -0.1) is 0 Å². The molecule has 18 heavy (non-hydrogen) atoms. The van der Waals surface area contributed by atoms with Crippen LogP contribution in [0.15, 0.2) is 0 Å². The zero-order chi connectivity index (χ0) is 12.4. The summed E-state index contributed by atoms with van der Waals surface area (Å²) in [5, 5.41) is 6.59. The Labute approximate surface area is 110 Å². The second-order valence-corrected chi connectivity index (χ2v) is 6.44. The first-order valence-corrected chi connectivity index (χ1v) is 7.85. The van der Waals surface area contributed by atoms with Gasteiger partial charge < -0.3 is 10.6 Å². The molecule has 3 heteroatoms. The molecule has 0 spiro atoms. The van der Waals surface area contributed by atoms with Gasteiger partial charge in [-0.3, -0.25) is 4.79 Å². The maximum absolute atomic E-state index is 12.1. The van der Waals surface area contributed by atoms with Crippen LogP contribution >= 0.6 is 0 Å². The molecule has 0 bridgehead atoms. The molecule has 3 nitrogen and oxygen atoms in total. The number of carbonyl (C=O) groups excluding carboxylic acids is 1. The lowest BCUT2D eigenvalue weighted by molar-refractivity contribution is -0.122. The van der Waals surface area contributed by atoms with Gasteiger partial charge in [-0.1, -0.05) is 32.1 Å². The number of hydrogen-bond donors (Lipinski definition) is 2. The van der Waals surface area contributed by atoms with Crippen molar-refractivity contribution in [1.29, 1.82) is 0 Å². The summed E-state index contributed by atoms with van der Waals surface area (Å²) in [5.41, 5.74) is 0. The lowest BCUT2D eigenvalue weighted by Crippen LogP contribution is -2.38. The van der Waals surface area contributed by atoms with E-state index in [0.717, 1.165) is 31.3 Å². The van der Waals surface area contributed by atoms with Gasteiger partial charge in [0.1, 0.15) is 0 Å². The Morgan fingerprint density at radius 2 is 1.94 bits per heavy atom. The van der Waals surface area contributed by atoms with Gasteiger partial charge in [0.05, 0.1) is 0 Å². The van der Waals surface area contributed by atoms with Crippen molar-refractivity contribution in [3.63, 3.8) is 0 Å². The van der Waals surface area contributed by atoms with E-state index in [0.29, 0.717) is 17.9 Å². The van der Waals surface area contributed by atoms with Crippen LogP contribution in [0.2, 0.25) is 0 Å². The third-order valence-corrected chi connectivity index (χ3v) is 5.12. The van der Waals surface area contributed by atoms with Crippen LogP contribution in [-0.4, -0.2) is 25.0 Å². The molecule has 1 amide bonds. The van der Waals surface area contributed by atoms with Crippen molar-refractivity contribution in [3.05, 3.63) is 0 Å². The van der Waals surface area contributed by atoms with E-state index in [1.54, 1.807) is 0 Å². The van der Waals surface area contributed by atoms with Crippen LogP contribution < -0.4 is 10.6 Å². The largest absolute Gasteiger partial charge is 0.354 e. The second kappa shape index (κ2) is 5.60. The molecule has 2 saturated carbocycles. The molecule has 3 atom stereocenters. The summed E-state index contributed by atoms with van der Waals surface area (Å²) in [7, 11) is 0. The lowest BCUT2D eigenvalue weighted by Gasteiger charge is -2.21. The van der Waals surface area contributed by atoms with Crippen LogP contribution in [0.1, 0.15) is 51.4 Å². The van der Waals surface area contributed by atoms with Gasteiger partial charge in [-0.25, -0.2) is 0 Å². The van der Waals surface area contributed by atoms with Crippen LogP contribution in [0, 0.1) is 17.8 Å². The van der Waals surface area contributed by atoms with Crippen LogP contribution in [0.3, 0.4) is 0 Å². The minimum Gasteiger partial charge on any atom is -0.354 e. The van der Waals surface area contributed by atoms with Crippen molar-refractivity contribution in [1.82, 2.24) is 10.6 Å². The Morgan fingerprint density at radius 3 is 2.67 bits per heavy atom. The summed E-state index contributed by atoms with van der Waals surface area (Å²) >= 11 is 0. The van der Waals surface area contributed by atoms with Crippen molar-refractivity contribution >= 4 is 5.91 Å². The molecular weight excluding hydrogens is 224 g/mol. The summed E-state index contributed by atoms with van der Waals surface area (Å²) in [4.78, 5) is 12.1. The van der Waals surface area contributed by atoms with Crippen molar-refractivity contribution in [2.24, 2.45) is 17.8 Å². The summed E-state index contributed by atoms with van der Waals surface area (Å²) in [6.07, 6.45) is 10.6. The molecule has 102 valence electrons. The van der Waals surface area contributed by atoms with E-state index in [1.165, 1.54) is 44.9 Å². The molecule has 3 unspecified atom stereocenters. The maximum atomic E-state index is 12.1. The van der Waals surface area contributed by atoms with E-state index in [9.17, 15) is 4.79 Å². The number of hydrogen-bond acceptors (Lipinski definition) is 2. The first-order valence-electron chi connectivity index (χ1n) is 7.85. The lowest BCUT2D eigenvalue weighted by atomic mass is 9.85. The molecule has 0 aromatic heterocycles. The summed E-state index contributed by atoms with van der Waals surface area (Å²) in [6, 6.07) is 0.529. The molecule has 1 saturated heterocycles. The molecule has 0 aromatic carbocycles. The van der Waals surface area contributed by atoms with Gasteiger partial charge >= 0.3 is 0 Å². The molecule has 1 aliphatic heterocycles. The molecule has 0 aromatic rings. The van der Waals surface area contributed by atoms with E-state index in [1.807, 2.05) is 0 Å². The Hall–Kier alpha value is -0.570. The zero-order valence-electron chi connectivity index (χ0n) is 11.3. The van der Waals surface area contributed by atoms with Crippen LogP contribution in [-0.2, 0) is 4.79 Å². The molecule has 0 radical (unpaired) electrons.